The Hall–Kier alpha value is -3.02. The molecule has 0 fully saturated rings. The Labute approximate surface area is 166 Å². The van der Waals surface area contributed by atoms with E-state index in [1.165, 1.54) is 0 Å². The molecule has 1 atom stereocenters. The van der Waals surface area contributed by atoms with Gasteiger partial charge in [0.1, 0.15) is 11.8 Å². The zero-order chi connectivity index (χ0) is 20.5. The molecule has 1 unspecified atom stereocenters. The Bertz CT molecular complexity index is 771. The molecule has 0 aromatic heterocycles. The highest BCUT2D eigenvalue weighted by Crippen LogP contribution is 2.15. The zero-order valence-corrected chi connectivity index (χ0v) is 16.9. The average molecular weight is 383 g/mol. The average Bonchev–Trinajstić information content (AvgIpc) is 2.69. The van der Waals surface area contributed by atoms with E-state index < -0.39 is 0 Å². The molecular formula is C22H29N3O3. The van der Waals surface area contributed by atoms with Gasteiger partial charge in [-0.2, -0.15) is 0 Å². The number of amides is 2. The molecule has 150 valence electrons. The van der Waals surface area contributed by atoms with Crippen molar-refractivity contribution in [1.82, 2.24) is 5.32 Å². The Morgan fingerprint density at radius 3 is 2.07 bits per heavy atom. The van der Waals surface area contributed by atoms with E-state index in [1.807, 2.05) is 69.3 Å². The van der Waals surface area contributed by atoms with Crippen LogP contribution in [0.4, 0.5) is 11.4 Å². The largest absolute Gasteiger partial charge is 0.497 e. The summed E-state index contributed by atoms with van der Waals surface area (Å²) in [7, 11) is 1.64. The first-order valence-electron chi connectivity index (χ1n) is 9.47. The quantitative estimate of drug-likeness (QED) is 0.620. The summed E-state index contributed by atoms with van der Waals surface area (Å²) in [5.41, 5.74) is 2.70. The van der Waals surface area contributed by atoms with Crippen LogP contribution in [0.1, 0.15) is 26.3 Å². The number of anilines is 2. The van der Waals surface area contributed by atoms with Crippen molar-refractivity contribution >= 4 is 23.2 Å². The molecule has 6 heteroatoms. The van der Waals surface area contributed by atoms with Crippen molar-refractivity contribution in [3.63, 3.8) is 0 Å². The molecule has 0 spiro atoms. The monoisotopic (exact) mass is 383 g/mol. The van der Waals surface area contributed by atoms with Crippen LogP contribution in [0.3, 0.4) is 0 Å². The molecule has 2 aromatic carbocycles. The van der Waals surface area contributed by atoms with Crippen molar-refractivity contribution in [1.29, 1.82) is 0 Å². The van der Waals surface area contributed by atoms with Crippen LogP contribution in [0.2, 0.25) is 0 Å². The predicted octanol–water partition coefficient (Wildman–Crippen LogP) is 3.45. The van der Waals surface area contributed by atoms with Crippen LogP contribution >= 0.6 is 0 Å². The fourth-order valence-electron chi connectivity index (χ4n) is 2.53. The number of rotatable bonds is 9. The maximum absolute atomic E-state index is 12.3. The van der Waals surface area contributed by atoms with Gasteiger partial charge < -0.3 is 20.7 Å². The van der Waals surface area contributed by atoms with Gasteiger partial charge in [-0.15, -0.1) is 0 Å². The SMILES string of the molecule is COc1ccc(CCNC(=O)C(C)Nc2ccc(NC(=O)C(C)C)cc2)cc1. The normalized spacial score (nSPS) is 11.6. The van der Waals surface area contributed by atoms with Crippen molar-refractivity contribution in [3.8, 4) is 5.75 Å². The first-order valence-corrected chi connectivity index (χ1v) is 9.47. The number of carbonyl (C=O) groups excluding carboxylic acids is 2. The van der Waals surface area contributed by atoms with Gasteiger partial charge in [-0.25, -0.2) is 0 Å². The van der Waals surface area contributed by atoms with E-state index in [0.717, 1.165) is 29.1 Å². The molecule has 0 radical (unpaired) electrons. The minimum absolute atomic E-state index is 0.0229. The molecule has 0 aliphatic heterocycles. The molecule has 0 bridgehead atoms. The second-order valence-electron chi connectivity index (χ2n) is 6.98. The van der Waals surface area contributed by atoms with Crippen molar-refractivity contribution in [2.24, 2.45) is 5.92 Å². The van der Waals surface area contributed by atoms with Crippen molar-refractivity contribution in [2.45, 2.75) is 33.2 Å². The van der Waals surface area contributed by atoms with Crippen LogP contribution < -0.4 is 20.7 Å². The predicted molar refractivity (Wildman–Crippen MR) is 113 cm³/mol. The van der Waals surface area contributed by atoms with Gasteiger partial charge in [0.15, 0.2) is 0 Å². The van der Waals surface area contributed by atoms with E-state index in [2.05, 4.69) is 16.0 Å². The summed E-state index contributed by atoms with van der Waals surface area (Å²) in [6.07, 6.45) is 0.757. The molecular weight excluding hydrogens is 354 g/mol. The molecule has 0 aliphatic rings. The van der Waals surface area contributed by atoms with E-state index in [-0.39, 0.29) is 23.8 Å². The van der Waals surface area contributed by atoms with Gasteiger partial charge >= 0.3 is 0 Å². The summed E-state index contributed by atoms with van der Waals surface area (Å²) in [6.45, 7) is 6.08. The Morgan fingerprint density at radius 1 is 0.893 bits per heavy atom. The standard InChI is InChI=1S/C22H29N3O3/c1-15(2)21(26)25-19-9-7-18(8-10-19)24-16(3)22(27)23-14-13-17-5-11-20(28-4)12-6-17/h5-12,15-16,24H,13-14H2,1-4H3,(H,23,27)(H,25,26). The number of hydrogen-bond donors (Lipinski definition) is 3. The van der Waals surface area contributed by atoms with Gasteiger partial charge in [0.05, 0.1) is 7.11 Å². The molecule has 6 nitrogen and oxygen atoms in total. The summed E-state index contributed by atoms with van der Waals surface area (Å²) < 4.78 is 5.14. The van der Waals surface area contributed by atoms with Crippen LogP contribution in [0.25, 0.3) is 0 Å². The molecule has 2 amide bonds. The first-order chi connectivity index (χ1) is 13.4. The lowest BCUT2D eigenvalue weighted by Crippen LogP contribution is -2.38. The Kier molecular flexibility index (Phi) is 7.87. The van der Waals surface area contributed by atoms with Crippen molar-refractivity contribution < 1.29 is 14.3 Å². The molecule has 0 saturated heterocycles. The molecule has 0 saturated carbocycles. The summed E-state index contributed by atoms with van der Waals surface area (Å²) >= 11 is 0. The van der Waals surface area contributed by atoms with Crippen molar-refractivity contribution in [2.75, 3.05) is 24.3 Å². The molecule has 2 rings (SSSR count). The number of hydrogen-bond acceptors (Lipinski definition) is 4. The van der Waals surface area contributed by atoms with Gasteiger partial charge in [0.2, 0.25) is 11.8 Å². The number of ether oxygens (including phenoxy) is 1. The fourth-order valence-corrected chi connectivity index (χ4v) is 2.53. The minimum atomic E-state index is -0.369. The Balaban J connectivity index is 1.77. The van der Waals surface area contributed by atoms with E-state index in [1.54, 1.807) is 7.11 Å². The maximum Gasteiger partial charge on any atom is 0.242 e. The van der Waals surface area contributed by atoms with Gasteiger partial charge in [-0.3, -0.25) is 9.59 Å². The smallest absolute Gasteiger partial charge is 0.242 e. The minimum Gasteiger partial charge on any atom is -0.497 e. The van der Waals surface area contributed by atoms with E-state index in [4.69, 9.17) is 4.74 Å². The lowest BCUT2D eigenvalue weighted by Gasteiger charge is -2.16. The van der Waals surface area contributed by atoms with Crippen molar-refractivity contribution in [3.05, 3.63) is 54.1 Å². The maximum atomic E-state index is 12.3. The molecule has 2 aromatic rings. The number of benzene rings is 2. The lowest BCUT2D eigenvalue weighted by molar-refractivity contribution is -0.121. The number of methoxy groups -OCH3 is 1. The molecule has 3 N–H and O–H groups in total. The third-order valence-electron chi connectivity index (χ3n) is 4.33. The third-order valence-corrected chi connectivity index (χ3v) is 4.33. The van der Waals surface area contributed by atoms with E-state index >= 15 is 0 Å². The first kappa shape index (κ1) is 21.3. The van der Waals surface area contributed by atoms with Gasteiger partial charge in [0, 0.05) is 23.8 Å². The topological polar surface area (TPSA) is 79.5 Å². The Morgan fingerprint density at radius 2 is 1.50 bits per heavy atom. The van der Waals surface area contributed by atoms with Gasteiger partial charge in [-0.1, -0.05) is 26.0 Å². The molecule has 0 aliphatic carbocycles. The van der Waals surface area contributed by atoms with Crippen LogP contribution in [-0.4, -0.2) is 31.5 Å². The number of nitrogens with one attached hydrogen (secondary N) is 3. The van der Waals surface area contributed by atoms with E-state index in [9.17, 15) is 9.59 Å². The third kappa shape index (κ3) is 6.61. The number of carbonyl (C=O) groups is 2. The second kappa shape index (κ2) is 10.3. The molecule has 0 heterocycles. The highest BCUT2D eigenvalue weighted by Gasteiger charge is 2.12. The zero-order valence-electron chi connectivity index (χ0n) is 16.9. The van der Waals surface area contributed by atoms with Crippen LogP contribution in [0.5, 0.6) is 5.75 Å². The summed E-state index contributed by atoms with van der Waals surface area (Å²) in [6, 6.07) is 14.8. The second-order valence-corrected chi connectivity index (χ2v) is 6.98. The van der Waals surface area contributed by atoms with Crippen LogP contribution in [0, 0.1) is 5.92 Å². The van der Waals surface area contributed by atoms with Crippen LogP contribution in [0.15, 0.2) is 48.5 Å². The van der Waals surface area contributed by atoms with Crippen LogP contribution in [-0.2, 0) is 16.0 Å². The highest BCUT2D eigenvalue weighted by molar-refractivity contribution is 5.92. The lowest BCUT2D eigenvalue weighted by atomic mass is 10.1. The molecule has 28 heavy (non-hydrogen) atoms. The summed E-state index contributed by atoms with van der Waals surface area (Å²) in [5.74, 6) is 0.663. The summed E-state index contributed by atoms with van der Waals surface area (Å²) in [4.78, 5) is 24.0. The van der Waals surface area contributed by atoms with Gasteiger partial charge in [-0.05, 0) is 55.3 Å². The summed E-state index contributed by atoms with van der Waals surface area (Å²) in [5, 5.41) is 8.95. The fraction of sp³-hybridized carbons (Fsp3) is 0.364. The van der Waals surface area contributed by atoms with E-state index in [0.29, 0.717) is 6.54 Å². The van der Waals surface area contributed by atoms with Gasteiger partial charge in [0.25, 0.3) is 0 Å². The highest BCUT2D eigenvalue weighted by atomic mass is 16.5.